The van der Waals surface area contributed by atoms with Gasteiger partial charge in [-0.15, -0.1) is 11.3 Å². The number of rotatable bonds is 3. The highest BCUT2D eigenvalue weighted by Gasteiger charge is 2.05. The molecule has 2 heterocycles. The lowest BCUT2D eigenvalue weighted by Gasteiger charge is -1.98. The van der Waals surface area contributed by atoms with Crippen LogP contribution in [-0.2, 0) is 6.42 Å². The van der Waals surface area contributed by atoms with E-state index in [0.717, 1.165) is 34.1 Å². The third-order valence-corrected chi connectivity index (χ3v) is 3.67. The maximum Gasteiger partial charge on any atom is 0.0992 e. The molecule has 0 aliphatic carbocycles. The van der Waals surface area contributed by atoms with E-state index >= 15 is 0 Å². The molecule has 3 nitrogen and oxygen atoms in total. The highest BCUT2D eigenvalue weighted by molar-refractivity contribution is 7.10. The number of nitrogen functional groups attached to an aromatic ring is 1. The van der Waals surface area contributed by atoms with Crippen LogP contribution in [0.4, 0.5) is 5.69 Å². The molecule has 0 fully saturated rings. The van der Waals surface area contributed by atoms with Gasteiger partial charge in [0.25, 0.3) is 0 Å². The highest BCUT2D eigenvalue weighted by atomic mass is 32.1. The third-order valence-electron chi connectivity index (χ3n) is 2.82. The first-order chi connectivity index (χ1) is 9.31. The van der Waals surface area contributed by atoms with E-state index in [1.807, 2.05) is 48.7 Å². The fraction of sp³-hybridized carbons (Fsp3) is 0.0667. The van der Waals surface area contributed by atoms with E-state index in [9.17, 15) is 0 Å². The smallest absolute Gasteiger partial charge is 0.0992 e. The Morgan fingerprint density at radius 2 is 1.89 bits per heavy atom. The summed E-state index contributed by atoms with van der Waals surface area (Å²) in [5, 5.41) is 3.15. The van der Waals surface area contributed by atoms with Gasteiger partial charge in [-0.05, 0) is 24.3 Å². The number of nitrogens with zero attached hydrogens (tertiary/aromatic N) is 2. The molecule has 0 radical (unpaired) electrons. The first-order valence-electron chi connectivity index (χ1n) is 6.01. The van der Waals surface area contributed by atoms with Gasteiger partial charge in [-0.2, -0.15) is 0 Å². The standard InChI is InChI=1S/C15H13N3S/c16-12-6-4-11(5-7-12)14-10-19-15(18-14)9-13-3-1-2-8-17-13/h1-8,10H,9,16H2. The van der Waals surface area contributed by atoms with Gasteiger partial charge in [0, 0.05) is 34.9 Å². The summed E-state index contributed by atoms with van der Waals surface area (Å²) in [4.78, 5) is 8.96. The molecule has 0 bridgehead atoms. The average Bonchev–Trinajstić information content (AvgIpc) is 2.89. The van der Waals surface area contributed by atoms with Crippen LogP contribution in [-0.4, -0.2) is 9.97 Å². The van der Waals surface area contributed by atoms with Gasteiger partial charge in [0.1, 0.15) is 0 Å². The van der Waals surface area contributed by atoms with Gasteiger partial charge in [0.05, 0.1) is 10.7 Å². The lowest BCUT2D eigenvalue weighted by atomic mass is 10.1. The van der Waals surface area contributed by atoms with Crippen molar-refractivity contribution in [3.05, 3.63) is 64.7 Å². The van der Waals surface area contributed by atoms with Crippen molar-refractivity contribution < 1.29 is 0 Å². The second-order valence-corrected chi connectivity index (χ2v) is 5.19. The molecule has 94 valence electrons. The number of aromatic nitrogens is 2. The molecule has 0 unspecified atom stereocenters. The predicted molar refractivity (Wildman–Crippen MR) is 79.0 cm³/mol. The van der Waals surface area contributed by atoms with Crippen molar-refractivity contribution in [2.45, 2.75) is 6.42 Å². The number of thiazole rings is 1. The lowest BCUT2D eigenvalue weighted by Crippen LogP contribution is -1.90. The molecule has 1 aromatic carbocycles. The number of nitrogens with two attached hydrogens (primary N) is 1. The van der Waals surface area contributed by atoms with Crippen molar-refractivity contribution in [2.24, 2.45) is 0 Å². The average molecular weight is 267 g/mol. The van der Waals surface area contributed by atoms with Crippen LogP contribution in [0.5, 0.6) is 0 Å². The zero-order valence-corrected chi connectivity index (χ0v) is 11.1. The maximum absolute atomic E-state index is 5.69. The second-order valence-electron chi connectivity index (χ2n) is 4.25. The summed E-state index contributed by atoms with van der Waals surface area (Å²) < 4.78 is 0. The molecule has 2 N–H and O–H groups in total. The number of hydrogen-bond donors (Lipinski definition) is 1. The van der Waals surface area contributed by atoms with E-state index in [2.05, 4.69) is 15.3 Å². The van der Waals surface area contributed by atoms with Crippen LogP contribution in [0, 0.1) is 0 Å². The summed E-state index contributed by atoms with van der Waals surface area (Å²) in [7, 11) is 0. The van der Waals surface area contributed by atoms with Crippen LogP contribution in [0.2, 0.25) is 0 Å². The second kappa shape index (κ2) is 5.20. The number of benzene rings is 1. The van der Waals surface area contributed by atoms with Gasteiger partial charge < -0.3 is 5.73 Å². The molecule has 4 heteroatoms. The zero-order chi connectivity index (χ0) is 13.1. The van der Waals surface area contributed by atoms with Gasteiger partial charge in [-0.25, -0.2) is 4.98 Å². The number of hydrogen-bond acceptors (Lipinski definition) is 4. The Balaban J connectivity index is 1.82. The molecule has 0 amide bonds. The van der Waals surface area contributed by atoms with Crippen molar-refractivity contribution in [2.75, 3.05) is 5.73 Å². The summed E-state index contributed by atoms with van der Waals surface area (Å²) in [6, 6.07) is 13.7. The summed E-state index contributed by atoms with van der Waals surface area (Å²) >= 11 is 1.66. The molecular weight excluding hydrogens is 254 g/mol. The zero-order valence-electron chi connectivity index (χ0n) is 10.3. The normalized spacial score (nSPS) is 10.5. The Labute approximate surface area is 115 Å². The van der Waals surface area contributed by atoms with Crippen molar-refractivity contribution in [1.82, 2.24) is 9.97 Å². The van der Waals surface area contributed by atoms with Gasteiger partial charge in [-0.1, -0.05) is 18.2 Å². The predicted octanol–water partition coefficient (Wildman–Crippen LogP) is 3.38. The summed E-state index contributed by atoms with van der Waals surface area (Å²) in [6.45, 7) is 0. The summed E-state index contributed by atoms with van der Waals surface area (Å²) in [6.07, 6.45) is 2.59. The van der Waals surface area contributed by atoms with Crippen molar-refractivity contribution in [3.8, 4) is 11.3 Å². The number of pyridine rings is 1. The molecule has 0 atom stereocenters. The van der Waals surface area contributed by atoms with Crippen molar-refractivity contribution in [3.63, 3.8) is 0 Å². The molecule has 3 aromatic rings. The molecule has 0 saturated heterocycles. The Kier molecular flexibility index (Phi) is 3.25. The van der Waals surface area contributed by atoms with E-state index in [0.29, 0.717) is 0 Å². The van der Waals surface area contributed by atoms with E-state index in [-0.39, 0.29) is 0 Å². The van der Waals surface area contributed by atoms with E-state index in [1.54, 1.807) is 11.3 Å². The van der Waals surface area contributed by atoms with Gasteiger partial charge in [0.15, 0.2) is 0 Å². The Morgan fingerprint density at radius 1 is 1.05 bits per heavy atom. The third kappa shape index (κ3) is 2.80. The van der Waals surface area contributed by atoms with Crippen LogP contribution in [0.15, 0.2) is 54.0 Å². The molecule has 19 heavy (non-hydrogen) atoms. The molecule has 3 rings (SSSR count). The van der Waals surface area contributed by atoms with Crippen LogP contribution in [0.1, 0.15) is 10.7 Å². The molecule has 0 spiro atoms. The highest BCUT2D eigenvalue weighted by Crippen LogP contribution is 2.23. The van der Waals surface area contributed by atoms with Gasteiger partial charge in [0.2, 0.25) is 0 Å². The molecule has 0 aliphatic rings. The first kappa shape index (κ1) is 11.9. The molecule has 2 aromatic heterocycles. The molecular formula is C15H13N3S. The maximum atomic E-state index is 5.69. The van der Waals surface area contributed by atoms with Crippen molar-refractivity contribution in [1.29, 1.82) is 0 Å². The minimum Gasteiger partial charge on any atom is -0.399 e. The largest absolute Gasteiger partial charge is 0.399 e. The fourth-order valence-corrected chi connectivity index (χ4v) is 2.65. The SMILES string of the molecule is Nc1ccc(-c2csc(Cc3ccccn3)n2)cc1. The number of anilines is 1. The van der Waals surface area contributed by atoms with Gasteiger partial charge in [-0.3, -0.25) is 4.98 Å². The minimum atomic E-state index is 0.771. The van der Waals surface area contributed by atoms with Gasteiger partial charge >= 0.3 is 0 Å². The monoisotopic (exact) mass is 267 g/mol. The van der Waals surface area contributed by atoms with Crippen LogP contribution in [0.3, 0.4) is 0 Å². The Bertz CT molecular complexity index is 659. The summed E-state index contributed by atoms with van der Waals surface area (Å²) in [5.74, 6) is 0. The van der Waals surface area contributed by atoms with E-state index in [1.165, 1.54) is 0 Å². The quantitative estimate of drug-likeness (QED) is 0.740. The van der Waals surface area contributed by atoms with Crippen LogP contribution < -0.4 is 5.73 Å². The van der Waals surface area contributed by atoms with Crippen LogP contribution >= 0.6 is 11.3 Å². The lowest BCUT2D eigenvalue weighted by molar-refractivity contribution is 1.05. The van der Waals surface area contributed by atoms with E-state index < -0.39 is 0 Å². The Morgan fingerprint density at radius 3 is 2.63 bits per heavy atom. The topological polar surface area (TPSA) is 51.8 Å². The van der Waals surface area contributed by atoms with E-state index in [4.69, 9.17) is 5.73 Å². The fourth-order valence-electron chi connectivity index (χ4n) is 1.84. The minimum absolute atomic E-state index is 0.771. The summed E-state index contributed by atoms with van der Waals surface area (Å²) in [5.41, 5.74) is 9.59. The first-order valence-corrected chi connectivity index (χ1v) is 6.89. The molecule has 0 aliphatic heterocycles. The van der Waals surface area contributed by atoms with Crippen molar-refractivity contribution >= 4 is 17.0 Å². The van der Waals surface area contributed by atoms with Crippen LogP contribution in [0.25, 0.3) is 11.3 Å². The Hall–Kier alpha value is -2.20. The molecule has 0 saturated carbocycles.